The topological polar surface area (TPSA) is 76.0 Å². The number of rotatable bonds is 5. The summed E-state index contributed by atoms with van der Waals surface area (Å²) in [7, 11) is 0. The second-order valence-corrected chi connectivity index (χ2v) is 2.71. The molecule has 2 N–H and O–H groups in total. The standard InChI is InChI=1S/C5H12O2.C4H8O3/c1-5(2)7-4-3-6;1-4(6)7-3-2-5/h5-6H,3-4H2,1-2H3;5H,2-3H2,1H3. The van der Waals surface area contributed by atoms with Gasteiger partial charge in [-0.2, -0.15) is 0 Å². The molecule has 0 fully saturated rings. The number of esters is 1. The van der Waals surface area contributed by atoms with E-state index in [2.05, 4.69) is 4.74 Å². The molecular formula is C9H20O5. The number of aliphatic hydroxyl groups excluding tert-OH is 2. The number of carbonyl (C=O) groups excluding carboxylic acids is 1. The van der Waals surface area contributed by atoms with Crippen LogP contribution in [-0.2, 0) is 14.3 Å². The first-order valence-corrected chi connectivity index (χ1v) is 4.51. The Morgan fingerprint density at radius 1 is 1.21 bits per heavy atom. The maximum atomic E-state index is 9.87. The Morgan fingerprint density at radius 2 is 1.71 bits per heavy atom. The molecule has 0 heterocycles. The monoisotopic (exact) mass is 208 g/mol. The molecule has 0 aromatic heterocycles. The molecule has 0 rings (SSSR count). The van der Waals surface area contributed by atoms with E-state index in [4.69, 9.17) is 14.9 Å². The van der Waals surface area contributed by atoms with Crippen LogP contribution >= 0.6 is 0 Å². The summed E-state index contributed by atoms with van der Waals surface area (Å²) < 4.78 is 9.24. The molecule has 0 spiro atoms. The van der Waals surface area contributed by atoms with Gasteiger partial charge in [0.1, 0.15) is 6.61 Å². The first kappa shape index (κ1) is 15.8. The Morgan fingerprint density at radius 3 is 1.86 bits per heavy atom. The lowest BCUT2D eigenvalue weighted by Gasteiger charge is -2.02. The smallest absolute Gasteiger partial charge is 0.302 e. The number of carbonyl (C=O) groups is 1. The third-order valence-electron chi connectivity index (χ3n) is 0.939. The van der Waals surface area contributed by atoms with Gasteiger partial charge in [-0.25, -0.2) is 0 Å². The highest BCUT2D eigenvalue weighted by molar-refractivity contribution is 5.65. The second-order valence-electron chi connectivity index (χ2n) is 2.71. The van der Waals surface area contributed by atoms with Gasteiger partial charge in [0.15, 0.2) is 0 Å². The van der Waals surface area contributed by atoms with Crippen LogP contribution in [0.5, 0.6) is 0 Å². The molecule has 14 heavy (non-hydrogen) atoms. The molecule has 0 aliphatic carbocycles. The van der Waals surface area contributed by atoms with Crippen LogP contribution in [0, 0.1) is 0 Å². The van der Waals surface area contributed by atoms with E-state index in [9.17, 15) is 4.79 Å². The van der Waals surface area contributed by atoms with Crippen LogP contribution < -0.4 is 0 Å². The van der Waals surface area contributed by atoms with Gasteiger partial charge in [-0.05, 0) is 13.8 Å². The van der Waals surface area contributed by atoms with E-state index < -0.39 is 0 Å². The van der Waals surface area contributed by atoms with Gasteiger partial charge in [0, 0.05) is 6.92 Å². The number of aliphatic hydroxyl groups is 2. The van der Waals surface area contributed by atoms with Gasteiger partial charge in [-0.3, -0.25) is 4.79 Å². The summed E-state index contributed by atoms with van der Waals surface area (Å²) in [5.74, 6) is -0.353. The predicted octanol–water partition coefficient (Wildman–Crippen LogP) is -0.0545. The average Bonchev–Trinajstić information content (AvgIpc) is 2.12. The molecule has 0 bridgehead atoms. The van der Waals surface area contributed by atoms with E-state index in [1.807, 2.05) is 13.8 Å². The quantitative estimate of drug-likeness (QED) is 0.619. The van der Waals surface area contributed by atoms with Crippen molar-refractivity contribution in [2.24, 2.45) is 0 Å². The molecular weight excluding hydrogens is 188 g/mol. The number of hydrogen-bond acceptors (Lipinski definition) is 5. The van der Waals surface area contributed by atoms with Gasteiger partial charge in [0.25, 0.3) is 0 Å². The minimum atomic E-state index is -0.353. The maximum absolute atomic E-state index is 9.87. The molecule has 0 aliphatic rings. The van der Waals surface area contributed by atoms with Crippen molar-refractivity contribution in [3.05, 3.63) is 0 Å². The first-order valence-electron chi connectivity index (χ1n) is 4.51. The Hall–Kier alpha value is -0.650. The molecule has 0 aromatic carbocycles. The third kappa shape index (κ3) is 22.5. The zero-order valence-electron chi connectivity index (χ0n) is 9.02. The van der Waals surface area contributed by atoms with E-state index in [0.717, 1.165) is 0 Å². The van der Waals surface area contributed by atoms with Gasteiger partial charge in [0.05, 0.1) is 25.9 Å². The van der Waals surface area contributed by atoms with Crippen molar-refractivity contribution in [3.63, 3.8) is 0 Å². The molecule has 0 aliphatic heterocycles. The highest BCUT2D eigenvalue weighted by atomic mass is 16.5. The van der Waals surface area contributed by atoms with Crippen molar-refractivity contribution < 1.29 is 24.5 Å². The molecule has 5 heteroatoms. The fraction of sp³-hybridized carbons (Fsp3) is 0.889. The molecule has 5 nitrogen and oxygen atoms in total. The lowest BCUT2D eigenvalue weighted by Crippen LogP contribution is -2.06. The first-order chi connectivity index (χ1) is 6.54. The van der Waals surface area contributed by atoms with Crippen LogP contribution in [0.15, 0.2) is 0 Å². The second kappa shape index (κ2) is 12.3. The Kier molecular flexibility index (Phi) is 13.9. The van der Waals surface area contributed by atoms with Crippen LogP contribution in [0.3, 0.4) is 0 Å². The number of ether oxygens (including phenoxy) is 2. The summed E-state index contributed by atoms with van der Waals surface area (Å²) in [5.41, 5.74) is 0. The van der Waals surface area contributed by atoms with Crippen LogP contribution in [0.1, 0.15) is 20.8 Å². The summed E-state index contributed by atoms with van der Waals surface area (Å²) in [4.78, 5) is 9.87. The van der Waals surface area contributed by atoms with Crippen molar-refractivity contribution in [1.82, 2.24) is 0 Å². The number of hydrogen-bond donors (Lipinski definition) is 2. The van der Waals surface area contributed by atoms with E-state index in [1.54, 1.807) is 0 Å². The van der Waals surface area contributed by atoms with Gasteiger partial charge in [-0.1, -0.05) is 0 Å². The lowest BCUT2D eigenvalue weighted by molar-refractivity contribution is -0.141. The molecule has 0 atom stereocenters. The van der Waals surface area contributed by atoms with Crippen LogP contribution in [-0.4, -0.2) is 48.7 Å². The van der Waals surface area contributed by atoms with Gasteiger partial charge >= 0.3 is 5.97 Å². The van der Waals surface area contributed by atoms with E-state index in [-0.39, 0.29) is 31.9 Å². The van der Waals surface area contributed by atoms with Gasteiger partial charge in [0.2, 0.25) is 0 Å². The van der Waals surface area contributed by atoms with Crippen LogP contribution in [0.4, 0.5) is 0 Å². The summed E-state index contributed by atoms with van der Waals surface area (Å²) in [5, 5.41) is 16.2. The maximum Gasteiger partial charge on any atom is 0.302 e. The lowest BCUT2D eigenvalue weighted by atomic mass is 10.5. The summed E-state index contributed by atoms with van der Waals surface area (Å²) >= 11 is 0. The minimum absolute atomic E-state index is 0.0976. The fourth-order valence-electron chi connectivity index (χ4n) is 0.478. The van der Waals surface area contributed by atoms with E-state index >= 15 is 0 Å². The van der Waals surface area contributed by atoms with Crippen LogP contribution in [0.25, 0.3) is 0 Å². The van der Waals surface area contributed by atoms with Crippen LogP contribution in [0.2, 0.25) is 0 Å². The molecule has 0 saturated heterocycles. The fourth-order valence-corrected chi connectivity index (χ4v) is 0.478. The Bertz CT molecular complexity index is 124. The SMILES string of the molecule is CC(=O)OCCO.CC(C)OCCO. The minimum Gasteiger partial charge on any atom is -0.463 e. The normalized spacial score (nSPS) is 9.29. The van der Waals surface area contributed by atoms with Gasteiger partial charge < -0.3 is 19.7 Å². The third-order valence-corrected chi connectivity index (χ3v) is 0.939. The molecule has 0 radical (unpaired) electrons. The Balaban J connectivity index is 0. The van der Waals surface area contributed by atoms with Crippen molar-refractivity contribution in [1.29, 1.82) is 0 Å². The zero-order valence-corrected chi connectivity index (χ0v) is 9.02. The van der Waals surface area contributed by atoms with Crippen molar-refractivity contribution in [3.8, 4) is 0 Å². The summed E-state index contributed by atoms with van der Waals surface area (Å²) in [6.45, 7) is 5.77. The largest absolute Gasteiger partial charge is 0.463 e. The van der Waals surface area contributed by atoms with Gasteiger partial charge in [-0.15, -0.1) is 0 Å². The molecule has 0 unspecified atom stereocenters. The molecule has 0 aromatic rings. The van der Waals surface area contributed by atoms with E-state index in [0.29, 0.717) is 6.61 Å². The molecule has 0 saturated carbocycles. The van der Waals surface area contributed by atoms with E-state index in [1.165, 1.54) is 6.92 Å². The predicted molar refractivity (Wildman–Crippen MR) is 51.9 cm³/mol. The summed E-state index contributed by atoms with van der Waals surface area (Å²) in [6.07, 6.45) is 0.243. The molecule has 86 valence electrons. The summed E-state index contributed by atoms with van der Waals surface area (Å²) in [6, 6.07) is 0. The highest BCUT2D eigenvalue weighted by Gasteiger charge is 1.87. The van der Waals surface area contributed by atoms with Crippen molar-refractivity contribution in [2.75, 3.05) is 26.4 Å². The van der Waals surface area contributed by atoms with Crippen molar-refractivity contribution >= 4 is 5.97 Å². The molecule has 0 amide bonds. The zero-order chi connectivity index (χ0) is 11.4. The highest BCUT2D eigenvalue weighted by Crippen LogP contribution is 1.83. The Labute approximate surface area is 84.6 Å². The average molecular weight is 208 g/mol. The van der Waals surface area contributed by atoms with Crippen molar-refractivity contribution in [2.45, 2.75) is 26.9 Å².